The number of hydrogen-bond acceptors (Lipinski definition) is 6. The third kappa shape index (κ3) is 4.95. The van der Waals surface area contributed by atoms with E-state index in [0.717, 1.165) is 68.8 Å². The van der Waals surface area contributed by atoms with Crippen molar-refractivity contribution in [3.8, 4) is 11.4 Å². The minimum atomic E-state index is -4.52. The number of unbranched alkanes of at least 4 members (excludes halogenated alkanes) is 1. The molecule has 1 unspecified atom stereocenters. The zero-order valence-electron chi connectivity index (χ0n) is 17.4. The topological polar surface area (TPSA) is 93.1 Å². The maximum atomic E-state index is 13.1. The van der Waals surface area contributed by atoms with Gasteiger partial charge in [-0.2, -0.15) is 13.2 Å². The summed E-state index contributed by atoms with van der Waals surface area (Å²) in [7, 11) is 1.94. The molecule has 6 nitrogen and oxygen atoms in total. The number of likely N-dealkylation sites (N-methyl/N-ethyl adjacent to an activating group) is 1. The standard InChI is InChI=1S/C21H29F3N6/c1-3-4-6-14-11-18(30-8-5-7-15(12-30)27-2)29-20(28-14)19-16(25)9-13(10-17(19)26)21(22,23)24/h9-11,15,27H,3-8,12,25-26H2,1-2H3. The second kappa shape index (κ2) is 9.07. The minimum absolute atomic E-state index is 0.0762. The predicted molar refractivity (Wildman–Crippen MR) is 114 cm³/mol. The molecule has 0 bridgehead atoms. The Morgan fingerprint density at radius 1 is 1.17 bits per heavy atom. The number of nitrogen functional groups attached to an aromatic ring is 2. The summed E-state index contributed by atoms with van der Waals surface area (Å²) in [6.07, 6.45) is 0.304. The Hall–Kier alpha value is -2.55. The number of aromatic nitrogens is 2. The van der Waals surface area contributed by atoms with Crippen molar-refractivity contribution in [3.63, 3.8) is 0 Å². The number of nitrogens with zero attached hydrogens (tertiary/aromatic N) is 3. The normalized spacial score (nSPS) is 17.4. The van der Waals surface area contributed by atoms with Crippen molar-refractivity contribution in [1.29, 1.82) is 0 Å². The molecule has 1 saturated heterocycles. The fraction of sp³-hybridized carbons (Fsp3) is 0.524. The number of benzene rings is 1. The quantitative estimate of drug-likeness (QED) is 0.612. The zero-order chi connectivity index (χ0) is 21.9. The first-order valence-electron chi connectivity index (χ1n) is 10.3. The lowest BCUT2D eigenvalue weighted by molar-refractivity contribution is -0.137. The average Bonchev–Trinajstić information content (AvgIpc) is 2.71. The highest BCUT2D eigenvalue weighted by atomic mass is 19.4. The van der Waals surface area contributed by atoms with Gasteiger partial charge in [-0.15, -0.1) is 0 Å². The minimum Gasteiger partial charge on any atom is -0.398 e. The number of hydrogen-bond donors (Lipinski definition) is 3. The van der Waals surface area contributed by atoms with Crippen LogP contribution in [0.15, 0.2) is 18.2 Å². The van der Waals surface area contributed by atoms with Crippen LogP contribution in [0.4, 0.5) is 30.4 Å². The first-order valence-corrected chi connectivity index (χ1v) is 10.3. The van der Waals surface area contributed by atoms with Crippen molar-refractivity contribution < 1.29 is 13.2 Å². The van der Waals surface area contributed by atoms with Crippen LogP contribution in [-0.4, -0.2) is 36.1 Å². The lowest BCUT2D eigenvalue weighted by Gasteiger charge is -2.33. The third-order valence-electron chi connectivity index (χ3n) is 5.46. The fourth-order valence-electron chi connectivity index (χ4n) is 3.77. The number of rotatable bonds is 6. The molecule has 1 aromatic carbocycles. The summed E-state index contributed by atoms with van der Waals surface area (Å²) < 4.78 is 39.3. The van der Waals surface area contributed by atoms with Gasteiger partial charge in [-0.3, -0.25) is 0 Å². The van der Waals surface area contributed by atoms with Gasteiger partial charge in [-0.05, 0) is 44.9 Å². The second-order valence-electron chi connectivity index (χ2n) is 7.75. The summed E-state index contributed by atoms with van der Waals surface area (Å²) in [6, 6.07) is 4.11. The molecule has 164 valence electrons. The van der Waals surface area contributed by atoms with Gasteiger partial charge < -0.3 is 21.7 Å². The fourth-order valence-corrected chi connectivity index (χ4v) is 3.77. The molecule has 9 heteroatoms. The maximum absolute atomic E-state index is 13.1. The van der Waals surface area contributed by atoms with Gasteiger partial charge >= 0.3 is 6.18 Å². The van der Waals surface area contributed by atoms with Gasteiger partial charge in [-0.25, -0.2) is 9.97 Å². The third-order valence-corrected chi connectivity index (χ3v) is 5.46. The number of alkyl halides is 3. The van der Waals surface area contributed by atoms with Crippen LogP contribution in [0.1, 0.15) is 43.9 Å². The van der Waals surface area contributed by atoms with Gasteiger partial charge in [0.1, 0.15) is 5.82 Å². The highest BCUT2D eigenvalue weighted by Gasteiger charge is 2.32. The molecular weight excluding hydrogens is 393 g/mol. The molecule has 5 N–H and O–H groups in total. The summed E-state index contributed by atoms with van der Waals surface area (Å²) in [4.78, 5) is 11.4. The van der Waals surface area contributed by atoms with Crippen LogP contribution in [-0.2, 0) is 12.6 Å². The average molecular weight is 422 g/mol. The van der Waals surface area contributed by atoms with Gasteiger partial charge in [0.25, 0.3) is 0 Å². The van der Waals surface area contributed by atoms with E-state index in [-0.39, 0.29) is 22.8 Å². The molecule has 3 rings (SSSR count). The van der Waals surface area contributed by atoms with Gasteiger partial charge in [-0.1, -0.05) is 13.3 Å². The summed E-state index contributed by atoms with van der Waals surface area (Å²) in [6.45, 7) is 3.76. The zero-order valence-corrected chi connectivity index (χ0v) is 17.4. The first kappa shape index (κ1) is 22.1. The van der Waals surface area contributed by atoms with Crippen LogP contribution in [0.25, 0.3) is 11.4 Å². The molecule has 2 heterocycles. The molecule has 0 saturated carbocycles. The number of piperidine rings is 1. The van der Waals surface area contributed by atoms with E-state index >= 15 is 0 Å². The van der Waals surface area contributed by atoms with E-state index < -0.39 is 11.7 Å². The summed E-state index contributed by atoms with van der Waals surface area (Å²) in [5, 5.41) is 3.31. The van der Waals surface area contributed by atoms with Crippen LogP contribution in [0, 0.1) is 0 Å². The summed E-state index contributed by atoms with van der Waals surface area (Å²) in [5.41, 5.74) is 12.0. The predicted octanol–water partition coefficient (Wildman–Crippen LogP) is 3.86. The molecule has 1 atom stereocenters. The van der Waals surface area contributed by atoms with E-state index in [2.05, 4.69) is 27.1 Å². The number of aryl methyl sites for hydroxylation is 1. The number of anilines is 3. The Morgan fingerprint density at radius 2 is 1.87 bits per heavy atom. The van der Waals surface area contributed by atoms with Crippen LogP contribution in [0.5, 0.6) is 0 Å². The molecular formula is C21H29F3N6. The Labute approximate surface area is 174 Å². The van der Waals surface area contributed by atoms with Crippen LogP contribution in [0.2, 0.25) is 0 Å². The summed E-state index contributed by atoms with van der Waals surface area (Å²) in [5.74, 6) is 1.03. The molecule has 0 aliphatic carbocycles. The van der Waals surface area contributed by atoms with E-state index in [1.165, 1.54) is 0 Å². The number of nitrogens with one attached hydrogen (secondary N) is 1. The van der Waals surface area contributed by atoms with Gasteiger partial charge in [0.15, 0.2) is 5.82 Å². The SMILES string of the molecule is CCCCc1cc(N2CCCC(NC)C2)nc(-c2c(N)cc(C(F)(F)F)cc2N)n1. The van der Waals surface area contributed by atoms with Gasteiger partial charge in [0.05, 0.1) is 11.1 Å². The Balaban J connectivity index is 2.06. The maximum Gasteiger partial charge on any atom is 0.416 e. The number of halogens is 3. The van der Waals surface area contributed by atoms with Crippen LogP contribution >= 0.6 is 0 Å². The highest BCUT2D eigenvalue weighted by Crippen LogP contribution is 2.38. The van der Waals surface area contributed by atoms with Crippen molar-refractivity contribution >= 4 is 17.2 Å². The second-order valence-corrected chi connectivity index (χ2v) is 7.75. The van der Waals surface area contributed by atoms with Crippen LogP contribution in [0.3, 0.4) is 0 Å². The van der Waals surface area contributed by atoms with Crippen molar-refractivity contribution in [2.45, 2.75) is 51.2 Å². The van der Waals surface area contributed by atoms with Crippen molar-refractivity contribution in [2.75, 3.05) is 36.5 Å². The Bertz CT molecular complexity index is 861. The smallest absolute Gasteiger partial charge is 0.398 e. The van der Waals surface area contributed by atoms with E-state index in [4.69, 9.17) is 11.5 Å². The number of nitrogens with two attached hydrogens (primary N) is 2. The monoisotopic (exact) mass is 422 g/mol. The molecule has 30 heavy (non-hydrogen) atoms. The molecule has 0 amide bonds. The van der Waals surface area contributed by atoms with Crippen LogP contribution < -0.4 is 21.7 Å². The molecule has 1 aliphatic heterocycles. The molecule has 0 radical (unpaired) electrons. The van der Waals surface area contributed by atoms with E-state index in [1.807, 2.05) is 13.1 Å². The first-order chi connectivity index (χ1) is 14.2. The molecule has 1 fully saturated rings. The van der Waals surface area contributed by atoms with E-state index in [1.54, 1.807) is 0 Å². The Kier molecular flexibility index (Phi) is 6.70. The van der Waals surface area contributed by atoms with Crippen molar-refractivity contribution in [1.82, 2.24) is 15.3 Å². The largest absolute Gasteiger partial charge is 0.416 e. The van der Waals surface area contributed by atoms with Crippen molar-refractivity contribution in [2.24, 2.45) is 0 Å². The lowest BCUT2D eigenvalue weighted by Crippen LogP contribution is -2.44. The lowest BCUT2D eigenvalue weighted by atomic mass is 10.0. The van der Waals surface area contributed by atoms with Crippen molar-refractivity contribution in [3.05, 3.63) is 29.5 Å². The highest BCUT2D eigenvalue weighted by molar-refractivity contribution is 5.84. The Morgan fingerprint density at radius 3 is 2.47 bits per heavy atom. The molecule has 2 aromatic rings. The molecule has 1 aliphatic rings. The van der Waals surface area contributed by atoms with E-state index in [9.17, 15) is 13.2 Å². The van der Waals surface area contributed by atoms with Gasteiger partial charge in [0, 0.05) is 42.3 Å². The van der Waals surface area contributed by atoms with Gasteiger partial charge in [0.2, 0.25) is 0 Å². The molecule has 1 aromatic heterocycles. The van der Waals surface area contributed by atoms with E-state index in [0.29, 0.717) is 6.04 Å². The summed E-state index contributed by atoms with van der Waals surface area (Å²) >= 11 is 0. The molecule has 0 spiro atoms.